The Morgan fingerprint density at radius 3 is 2.94 bits per heavy atom. The van der Waals surface area contributed by atoms with Crippen molar-refractivity contribution >= 4 is 23.3 Å². The molecule has 1 aromatic rings. The van der Waals surface area contributed by atoms with Crippen LogP contribution < -0.4 is 4.90 Å². The van der Waals surface area contributed by atoms with Gasteiger partial charge in [-0.15, -0.1) is 0 Å². The molecule has 0 aromatic heterocycles. The molecule has 92 valence electrons. The summed E-state index contributed by atoms with van der Waals surface area (Å²) >= 11 is 5.95. The van der Waals surface area contributed by atoms with Crippen molar-refractivity contribution < 1.29 is 9.90 Å². The number of nitrogens with zero attached hydrogens (tertiary/aromatic N) is 1. The molecule has 3 nitrogen and oxygen atoms in total. The van der Waals surface area contributed by atoms with Gasteiger partial charge in [0, 0.05) is 23.8 Å². The lowest BCUT2D eigenvalue weighted by Gasteiger charge is -2.38. The topological polar surface area (TPSA) is 40.5 Å². The molecule has 0 spiro atoms. The zero-order chi connectivity index (χ0) is 12.5. The fourth-order valence-corrected chi connectivity index (χ4v) is 2.49. The van der Waals surface area contributed by atoms with Crippen molar-refractivity contribution in [2.45, 2.75) is 19.8 Å². The molecule has 1 N–H and O–H groups in total. The van der Waals surface area contributed by atoms with Crippen molar-refractivity contribution in [2.24, 2.45) is 5.41 Å². The molecule has 17 heavy (non-hydrogen) atoms. The van der Waals surface area contributed by atoms with E-state index < -0.39 is 11.4 Å². The van der Waals surface area contributed by atoms with Crippen molar-refractivity contribution in [3.05, 3.63) is 29.3 Å². The highest BCUT2D eigenvalue weighted by Gasteiger charge is 2.37. The fourth-order valence-electron chi connectivity index (χ4n) is 2.31. The summed E-state index contributed by atoms with van der Waals surface area (Å²) in [5, 5.41) is 9.95. The molecule has 0 amide bonds. The van der Waals surface area contributed by atoms with Crippen LogP contribution in [-0.2, 0) is 4.79 Å². The second-order valence-electron chi connectivity index (χ2n) is 4.87. The summed E-state index contributed by atoms with van der Waals surface area (Å²) in [7, 11) is 0. The van der Waals surface area contributed by atoms with Gasteiger partial charge in [0.05, 0.1) is 5.41 Å². The van der Waals surface area contributed by atoms with Crippen molar-refractivity contribution in [2.75, 3.05) is 18.0 Å². The standard InChI is InChI=1S/C13H16ClNO2/c1-13(12(16)17)6-3-7-15(9-13)11-5-2-4-10(14)8-11/h2,4-5,8H,3,6-7,9H2,1H3,(H,16,17). The smallest absolute Gasteiger partial charge is 0.311 e. The quantitative estimate of drug-likeness (QED) is 0.881. The number of rotatable bonds is 2. The lowest BCUT2D eigenvalue weighted by molar-refractivity contribution is -0.148. The molecule has 0 radical (unpaired) electrons. The summed E-state index contributed by atoms with van der Waals surface area (Å²) in [4.78, 5) is 13.4. The number of aliphatic carboxylic acids is 1. The number of benzene rings is 1. The number of carboxylic acids is 1. The first-order valence-electron chi connectivity index (χ1n) is 5.75. The molecular weight excluding hydrogens is 238 g/mol. The predicted molar refractivity (Wildman–Crippen MR) is 68.6 cm³/mol. The van der Waals surface area contributed by atoms with Crippen molar-refractivity contribution in [3.8, 4) is 0 Å². The maximum Gasteiger partial charge on any atom is 0.311 e. The molecule has 1 fully saturated rings. The number of piperidine rings is 1. The van der Waals surface area contributed by atoms with Gasteiger partial charge in [0.2, 0.25) is 0 Å². The second kappa shape index (κ2) is 4.57. The zero-order valence-electron chi connectivity index (χ0n) is 9.82. The highest BCUT2D eigenvalue weighted by atomic mass is 35.5. The van der Waals surface area contributed by atoms with Gasteiger partial charge in [-0.1, -0.05) is 17.7 Å². The minimum Gasteiger partial charge on any atom is -0.481 e. The molecule has 1 unspecified atom stereocenters. The van der Waals surface area contributed by atoms with Crippen LogP contribution in [0.4, 0.5) is 5.69 Å². The predicted octanol–water partition coefficient (Wildman–Crippen LogP) is 3.03. The van der Waals surface area contributed by atoms with Crippen LogP contribution in [-0.4, -0.2) is 24.2 Å². The molecule has 1 heterocycles. The monoisotopic (exact) mass is 253 g/mol. The van der Waals surface area contributed by atoms with Crippen LogP contribution in [0.3, 0.4) is 0 Å². The summed E-state index contributed by atoms with van der Waals surface area (Å²) in [6.07, 6.45) is 1.63. The number of carboxylic acid groups (broad SMARTS) is 1. The van der Waals surface area contributed by atoms with E-state index in [2.05, 4.69) is 4.90 Å². The van der Waals surface area contributed by atoms with Gasteiger partial charge in [-0.2, -0.15) is 0 Å². The Hall–Kier alpha value is -1.22. The average molecular weight is 254 g/mol. The maximum absolute atomic E-state index is 11.3. The van der Waals surface area contributed by atoms with E-state index in [1.165, 1.54) is 0 Å². The number of hydrogen-bond acceptors (Lipinski definition) is 2. The van der Waals surface area contributed by atoms with E-state index in [0.29, 0.717) is 11.6 Å². The van der Waals surface area contributed by atoms with Crippen LogP contribution in [0, 0.1) is 5.41 Å². The van der Waals surface area contributed by atoms with Crippen LogP contribution in [0.25, 0.3) is 0 Å². The second-order valence-corrected chi connectivity index (χ2v) is 5.31. The Bertz CT molecular complexity index is 435. The lowest BCUT2D eigenvalue weighted by atomic mass is 9.82. The third-order valence-electron chi connectivity index (χ3n) is 3.39. The molecule has 2 rings (SSSR count). The number of carbonyl (C=O) groups is 1. The molecule has 1 aromatic carbocycles. The van der Waals surface area contributed by atoms with Gasteiger partial charge in [-0.3, -0.25) is 4.79 Å². The zero-order valence-corrected chi connectivity index (χ0v) is 10.6. The first-order chi connectivity index (χ1) is 8.01. The largest absolute Gasteiger partial charge is 0.481 e. The molecular formula is C13H16ClNO2. The molecule has 1 aliphatic heterocycles. The van der Waals surface area contributed by atoms with E-state index in [1.54, 1.807) is 0 Å². The maximum atomic E-state index is 11.3. The summed E-state index contributed by atoms with van der Waals surface area (Å²) in [5.74, 6) is -0.718. The van der Waals surface area contributed by atoms with E-state index in [0.717, 1.165) is 25.1 Å². The van der Waals surface area contributed by atoms with E-state index in [1.807, 2.05) is 31.2 Å². The Labute approximate surface area is 106 Å². The lowest BCUT2D eigenvalue weighted by Crippen LogP contribution is -2.46. The van der Waals surface area contributed by atoms with Crippen molar-refractivity contribution in [3.63, 3.8) is 0 Å². The van der Waals surface area contributed by atoms with E-state index in [4.69, 9.17) is 11.6 Å². The summed E-state index contributed by atoms with van der Waals surface area (Å²) in [6, 6.07) is 7.57. The van der Waals surface area contributed by atoms with E-state index >= 15 is 0 Å². The van der Waals surface area contributed by atoms with Gasteiger partial charge in [0.25, 0.3) is 0 Å². The van der Waals surface area contributed by atoms with Crippen LogP contribution >= 0.6 is 11.6 Å². The Kier molecular flexibility index (Phi) is 3.29. The summed E-state index contributed by atoms with van der Waals surface area (Å²) in [6.45, 7) is 3.25. The van der Waals surface area contributed by atoms with Gasteiger partial charge >= 0.3 is 5.97 Å². The van der Waals surface area contributed by atoms with Crippen LogP contribution in [0.2, 0.25) is 5.02 Å². The molecule has 1 saturated heterocycles. The summed E-state index contributed by atoms with van der Waals surface area (Å²) < 4.78 is 0. The fraction of sp³-hybridized carbons (Fsp3) is 0.462. The molecule has 0 saturated carbocycles. The third-order valence-corrected chi connectivity index (χ3v) is 3.62. The Morgan fingerprint density at radius 2 is 2.29 bits per heavy atom. The highest BCUT2D eigenvalue weighted by molar-refractivity contribution is 6.30. The Morgan fingerprint density at radius 1 is 1.53 bits per heavy atom. The van der Waals surface area contributed by atoms with Gasteiger partial charge in [0.1, 0.15) is 0 Å². The van der Waals surface area contributed by atoms with Gasteiger partial charge < -0.3 is 10.0 Å². The Balaban J connectivity index is 2.20. The SMILES string of the molecule is CC1(C(=O)O)CCCN(c2cccc(Cl)c2)C1. The summed E-state index contributed by atoms with van der Waals surface area (Å²) in [5.41, 5.74) is 0.352. The first kappa shape index (κ1) is 12.2. The van der Waals surface area contributed by atoms with Gasteiger partial charge in [-0.05, 0) is 38.0 Å². The van der Waals surface area contributed by atoms with Crippen LogP contribution in [0.1, 0.15) is 19.8 Å². The number of halogens is 1. The minimum atomic E-state index is -0.718. The van der Waals surface area contributed by atoms with Crippen molar-refractivity contribution in [1.82, 2.24) is 0 Å². The van der Waals surface area contributed by atoms with E-state index in [9.17, 15) is 9.90 Å². The number of anilines is 1. The first-order valence-corrected chi connectivity index (χ1v) is 6.13. The minimum absolute atomic E-state index is 0.544. The highest BCUT2D eigenvalue weighted by Crippen LogP contribution is 2.33. The average Bonchev–Trinajstić information content (AvgIpc) is 2.29. The normalized spacial score (nSPS) is 24.7. The molecule has 4 heteroatoms. The molecule has 0 aliphatic carbocycles. The molecule has 1 atom stereocenters. The van der Waals surface area contributed by atoms with Crippen molar-refractivity contribution in [1.29, 1.82) is 0 Å². The van der Waals surface area contributed by atoms with Crippen LogP contribution in [0.5, 0.6) is 0 Å². The van der Waals surface area contributed by atoms with Gasteiger partial charge in [0.15, 0.2) is 0 Å². The van der Waals surface area contributed by atoms with Crippen LogP contribution in [0.15, 0.2) is 24.3 Å². The third kappa shape index (κ3) is 2.55. The molecule has 1 aliphatic rings. The number of hydrogen-bond donors (Lipinski definition) is 1. The van der Waals surface area contributed by atoms with Gasteiger partial charge in [-0.25, -0.2) is 0 Å². The van der Waals surface area contributed by atoms with E-state index in [-0.39, 0.29) is 0 Å². The molecule has 0 bridgehead atoms.